The van der Waals surface area contributed by atoms with E-state index in [-0.39, 0.29) is 0 Å². The highest BCUT2D eigenvalue weighted by molar-refractivity contribution is 5.09. The summed E-state index contributed by atoms with van der Waals surface area (Å²) in [5.74, 6) is 0.612. The first-order valence-electron chi connectivity index (χ1n) is 5.41. The molecule has 84 valence electrons. The Morgan fingerprint density at radius 1 is 1.40 bits per heavy atom. The largest absolute Gasteiger partial charge is 0.477 e. The monoisotopic (exact) mass is 209 g/mol. The molecule has 0 saturated heterocycles. The topological polar surface area (TPSA) is 47.0 Å². The molecule has 0 saturated carbocycles. The van der Waals surface area contributed by atoms with Crippen molar-refractivity contribution in [2.45, 2.75) is 32.7 Å². The number of aromatic nitrogens is 2. The first-order valence-corrected chi connectivity index (χ1v) is 5.41. The second-order valence-electron chi connectivity index (χ2n) is 3.38. The van der Waals surface area contributed by atoms with E-state index in [0.717, 1.165) is 18.5 Å². The zero-order valence-corrected chi connectivity index (χ0v) is 9.66. The van der Waals surface area contributed by atoms with Gasteiger partial charge in [-0.1, -0.05) is 6.92 Å². The number of nitrogens with zero attached hydrogens (tertiary/aromatic N) is 2. The molecule has 4 nitrogen and oxygen atoms in total. The molecule has 0 amide bonds. The van der Waals surface area contributed by atoms with Crippen LogP contribution in [0.3, 0.4) is 0 Å². The van der Waals surface area contributed by atoms with Gasteiger partial charge in [-0.15, -0.1) is 0 Å². The van der Waals surface area contributed by atoms with E-state index < -0.39 is 0 Å². The molecule has 0 radical (unpaired) electrons. The lowest BCUT2D eigenvalue weighted by molar-refractivity contribution is 0.323. The van der Waals surface area contributed by atoms with Crippen molar-refractivity contribution >= 4 is 0 Å². The van der Waals surface area contributed by atoms with Gasteiger partial charge in [0.25, 0.3) is 0 Å². The van der Waals surface area contributed by atoms with Crippen LogP contribution in [-0.4, -0.2) is 29.7 Å². The molecule has 0 aliphatic heterocycles. The fourth-order valence-corrected chi connectivity index (χ4v) is 1.41. The smallest absolute Gasteiger partial charge is 0.232 e. The van der Waals surface area contributed by atoms with Gasteiger partial charge in [-0.25, -0.2) is 4.98 Å². The SMILES string of the molecule is CCOc1cncc(CC(CC)NC)n1. The van der Waals surface area contributed by atoms with E-state index >= 15 is 0 Å². The standard InChI is InChI=1S/C11H19N3O/c1-4-9(12-3)6-10-7-13-8-11(14-10)15-5-2/h7-9,12H,4-6H2,1-3H3. The molecule has 1 atom stereocenters. The molecule has 1 unspecified atom stereocenters. The van der Waals surface area contributed by atoms with Crippen LogP contribution in [0.15, 0.2) is 12.4 Å². The third kappa shape index (κ3) is 3.83. The summed E-state index contributed by atoms with van der Waals surface area (Å²) in [4.78, 5) is 8.48. The normalized spacial score (nSPS) is 12.5. The van der Waals surface area contributed by atoms with E-state index in [9.17, 15) is 0 Å². The first kappa shape index (κ1) is 11.9. The van der Waals surface area contributed by atoms with Gasteiger partial charge >= 0.3 is 0 Å². The predicted molar refractivity (Wildman–Crippen MR) is 60.0 cm³/mol. The van der Waals surface area contributed by atoms with Crippen molar-refractivity contribution in [1.29, 1.82) is 0 Å². The molecule has 1 N–H and O–H groups in total. The maximum atomic E-state index is 5.30. The summed E-state index contributed by atoms with van der Waals surface area (Å²) < 4.78 is 5.30. The van der Waals surface area contributed by atoms with Gasteiger partial charge in [0.15, 0.2) is 0 Å². The number of likely N-dealkylation sites (N-methyl/N-ethyl adjacent to an activating group) is 1. The summed E-state index contributed by atoms with van der Waals surface area (Å²) >= 11 is 0. The summed E-state index contributed by atoms with van der Waals surface area (Å²) in [5.41, 5.74) is 0.974. The average molecular weight is 209 g/mol. The minimum Gasteiger partial charge on any atom is -0.477 e. The Kier molecular flexibility index (Phi) is 5.04. The fraction of sp³-hybridized carbons (Fsp3) is 0.636. The van der Waals surface area contributed by atoms with Crippen molar-refractivity contribution in [2.24, 2.45) is 0 Å². The Labute approximate surface area is 91.1 Å². The van der Waals surface area contributed by atoms with Crippen molar-refractivity contribution in [2.75, 3.05) is 13.7 Å². The highest BCUT2D eigenvalue weighted by Gasteiger charge is 2.06. The van der Waals surface area contributed by atoms with Crippen LogP contribution in [0.2, 0.25) is 0 Å². The van der Waals surface area contributed by atoms with Crippen molar-refractivity contribution in [3.8, 4) is 5.88 Å². The van der Waals surface area contributed by atoms with Crippen molar-refractivity contribution in [3.63, 3.8) is 0 Å². The number of nitrogens with one attached hydrogen (secondary N) is 1. The third-order valence-electron chi connectivity index (χ3n) is 2.31. The third-order valence-corrected chi connectivity index (χ3v) is 2.31. The summed E-state index contributed by atoms with van der Waals surface area (Å²) in [5, 5.41) is 3.24. The molecule has 1 rings (SSSR count). The summed E-state index contributed by atoms with van der Waals surface area (Å²) in [6.07, 6.45) is 5.41. The van der Waals surface area contributed by atoms with E-state index in [1.54, 1.807) is 12.4 Å². The van der Waals surface area contributed by atoms with Crippen LogP contribution in [-0.2, 0) is 6.42 Å². The minimum absolute atomic E-state index is 0.455. The number of ether oxygens (including phenoxy) is 1. The Balaban J connectivity index is 2.64. The second-order valence-corrected chi connectivity index (χ2v) is 3.38. The van der Waals surface area contributed by atoms with Crippen LogP contribution in [0.5, 0.6) is 5.88 Å². The highest BCUT2D eigenvalue weighted by Crippen LogP contribution is 2.07. The van der Waals surface area contributed by atoms with Gasteiger partial charge in [-0.2, -0.15) is 0 Å². The first-order chi connectivity index (χ1) is 7.30. The molecule has 1 heterocycles. The van der Waals surface area contributed by atoms with Crippen molar-refractivity contribution in [1.82, 2.24) is 15.3 Å². The van der Waals surface area contributed by atoms with Crippen LogP contribution < -0.4 is 10.1 Å². The molecule has 4 heteroatoms. The molecule has 0 spiro atoms. The molecular weight excluding hydrogens is 190 g/mol. The van der Waals surface area contributed by atoms with Crippen molar-refractivity contribution < 1.29 is 4.74 Å². The van der Waals surface area contributed by atoms with E-state index in [1.165, 1.54) is 0 Å². The molecule has 1 aromatic heterocycles. The summed E-state index contributed by atoms with van der Waals surface area (Å²) in [7, 11) is 1.97. The Bertz CT molecular complexity index is 287. The Hall–Kier alpha value is -1.16. The predicted octanol–water partition coefficient (Wildman–Crippen LogP) is 1.42. The van der Waals surface area contributed by atoms with Gasteiger partial charge in [0.1, 0.15) is 0 Å². The second kappa shape index (κ2) is 6.35. The fourth-order valence-electron chi connectivity index (χ4n) is 1.41. The summed E-state index contributed by atoms with van der Waals surface area (Å²) in [6, 6.07) is 0.455. The molecule has 15 heavy (non-hydrogen) atoms. The Morgan fingerprint density at radius 3 is 2.80 bits per heavy atom. The highest BCUT2D eigenvalue weighted by atomic mass is 16.5. The summed E-state index contributed by atoms with van der Waals surface area (Å²) in [6.45, 7) is 4.72. The quantitative estimate of drug-likeness (QED) is 0.769. The maximum Gasteiger partial charge on any atom is 0.232 e. The van der Waals surface area contributed by atoms with E-state index in [2.05, 4.69) is 22.2 Å². The number of hydrogen-bond donors (Lipinski definition) is 1. The molecule has 1 aromatic rings. The van der Waals surface area contributed by atoms with Gasteiger partial charge in [0, 0.05) is 18.7 Å². The van der Waals surface area contributed by atoms with Crippen molar-refractivity contribution in [3.05, 3.63) is 18.1 Å². The van der Waals surface area contributed by atoms with Gasteiger partial charge in [0.2, 0.25) is 5.88 Å². The molecule has 0 aliphatic rings. The minimum atomic E-state index is 0.455. The Morgan fingerprint density at radius 2 is 2.20 bits per heavy atom. The van der Waals surface area contributed by atoms with Crippen LogP contribution in [0.1, 0.15) is 26.0 Å². The molecule has 0 aromatic carbocycles. The zero-order chi connectivity index (χ0) is 11.1. The van der Waals surface area contributed by atoms with E-state index in [0.29, 0.717) is 18.5 Å². The molecule has 0 aliphatic carbocycles. The van der Waals surface area contributed by atoms with E-state index in [4.69, 9.17) is 4.74 Å². The van der Waals surface area contributed by atoms with Gasteiger partial charge < -0.3 is 10.1 Å². The van der Waals surface area contributed by atoms with Gasteiger partial charge in [0.05, 0.1) is 18.5 Å². The lowest BCUT2D eigenvalue weighted by Crippen LogP contribution is -2.27. The number of rotatable bonds is 6. The maximum absolute atomic E-state index is 5.30. The van der Waals surface area contributed by atoms with Gasteiger partial charge in [-0.3, -0.25) is 4.98 Å². The van der Waals surface area contributed by atoms with Crippen LogP contribution in [0.4, 0.5) is 0 Å². The van der Waals surface area contributed by atoms with Crippen LogP contribution in [0, 0.1) is 0 Å². The number of hydrogen-bond acceptors (Lipinski definition) is 4. The molecule has 0 fully saturated rings. The van der Waals surface area contributed by atoms with Crippen LogP contribution >= 0.6 is 0 Å². The average Bonchev–Trinajstić information content (AvgIpc) is 2.27. The van der Waals surface area contributed by atoms with E-state index in [1.807, 2.05) is 14.0 Å². The molecule has 0 bridgehead atoms. The molecular formula is C11H19N3O. The van der Waals surface area contributed by atoms with Crippen LogP contribution in [0.25, 0.3) is 0 Å². The zero-order valence-electron chi connectivity index (χ0n) is 9.66. The lowest BCUT2D eigenvalue weighted by Gasteiger charge is -2.13. The van der Waals surface area contributed by atoms with Gasteiger partial charge in [-0.05, 0) is 20.4 Å². The lowest BCUT2D eigenvalue weighted by atomic mass is 10.1.